The molecule has 0 radical (unpaired) electrons. The average molecular weight is 303 g/mol. The van der Waals surface area contributed by atoms with Crippen LogP contribution in [0.5, 0.6) is 5.75 Å². The molecule has 0 saturated heterocycles. The molecule has 110 valence electrons. The summed E-state index contributed by atoms with van der Waals surface area (Å²) in [4.78, 5) is 4.30. The van der Waals surface area contributed by atoms with Crippen molar-refractivity contribution in [2.75, 3.05) is 5.32 Å². The minimum absolute atomic E-state index is 0.195. The first kappa shape index (κ1) is 14.2. The second-order valence-electron chi connectivity index (χ2n) is 6.07. The fourth-order valence-electron chi connectivity index (χ4n) is 2.80. The number of aryl methyl sites for hydroxylation is 1. The summed E-state index contributed by atoms with van der Waals surface area (Å²) in [5.74, 6) is 0.950. The Morgan fingerprint density at radius 3 is 2.76 bits per heavy atom. The number of nitrogens with one attached hydrogen (secondary N) is 1. The van der Waals surface area contributed by atoms with Crippen LogP contribution in [-0.4, -0.2) is 10.6 Å². The Morgan fingerprint density at radius 1 is 1.24 bits per heavy atom. The lowest BCUT2D eigenvalue weighted by Gasteiger charge is -2.38. The molecule has 0 fully saturated rings. The molecule has 1 aromatic heterocycles. The van der Waals surface area contributed by atoms with Gasteiger partial charge >= 0.3 is 0 Å². The molecule has 3 nitrogen and oxygen atoms in total. The number of fused-ring (bicyclic) bond motifs is 1. The van der Waals surface area contributed by atoms with Crippen LogP contribution in [0.25, 0.3) is 0 Å². The third-order valence-corrected chi connectivity index (χ3v) is 3.97. The highest BCUT2D eigenvalue weighted by molar-refractivity contribution is 6.29. The van der Waals surface area contributed by atoms with E-state index in [9.17, 15) is 0 Å². The van der Waals surface area contributed by atoms with Gasteiger partial charge in [0.25, 0.3) is 0 Å². The summed E-state index contributed by atoms with van der Waals surface area (Å²) in [6.45, 7) is 6.19. The van der Waals surface area contributed by atoms with Gasteiger partial charge in [0.15, 0.2) is 0 Å². The summed E-state index contributed by atoms with van der Waals surface area (Å²) in [5.41, 5.74) is 2.91. The van der Waals surface area contributed by atoms with E-state index < -0.39 is 0 Å². The summed E-state index contributed by atoms with van der Waals surface area (Å²) in [6, 6.07) is 12.2. The van der Waals surface area contributed by atoms with Gasteiger partial charge in [0.1, 0.15) is 16.5 Å². The molecule has 0 saturated carbocycles. The molecule has 1 aromatic carbocycles. The van der Waals surface area contributed by atoms with Crippen molar-refractivity contribution in [3.63, 3.8) is 0 Å². The first-order chi connectivity index (χ1) is 9.94. The molecule has 2 heterocycles. The highest BCUT2D eigenvalue weighted by Gasteiger charge is 2.33. The minimum atomic E-state index is -0.195. The standard InChI is InChI=1S/C17H19ClN2O/c1-11-13(8-9-16(18)19-11)20-14-10-17(2,3)21-15-7-5-4-6-12(14)15/h4-9,14,20H,10H2,1-3H3. The Kier molecular flexibility index (Phi) is 3.54. The minimum Gasteiger partial charge on any atom is -0.487 e. The lowest BCUT2D eigenvalue weighted by atomic mass is 9.89. The maximum absolute atomic E-state index is 6.06. The van der Waals surface area contributed by atoms with Crippen LogP contribution in [0, 0.1) is 6.92 Å². The number of ether oxygens (including phenoxy) is 1. The zero-order valence-corrected chi connectivity index (χ0v) is 13.2. The highest BCUT2D eigenvalue weighted by atomic mass is 35.5. The van der Waals surface area contributed by atoms with Crippen LogP contribution in [-0.2, 0) is 0 Å². The Hall–Kier alpha value is -1.74. The third kappa shape index (κ3) is 2.98. The normalized spacial score (nSPS) is 19.5. The summed E-state index contributed by atoms with van der Waals surface area (Å²) in [5, 5.41) is 4.11. The number of pyridine rings is 1. The second-order valence-corrected chi connectivity index (χ2v) is 6.45. The van der Waals surface area contributed by atoms with Gasteiger partial charge < -0.3 is 10.1 Å². The molecule has 0 aliphatic carbocycles. The van der Waals surface area contributed by atoms with Gasteiger partial charge in [0.05, 0.1) is 17.4 Å². The van der Waals surface area contributed by atoms with E-state index in [1.54, 1.807) is 0 Å². The fourth-order valence-corrected chi connectivity index (χ4v) is 2.99. The summed E-state index contributed by atoms with van der Waals surface area (Å²) in [6.07, 6.45) is 0.895. The molecule has 0 amide bonds. The zero-order valence-electron chi connectivity index (χ0n) is 12.5. The van der Waals surface area contributed by atoms with Crippen molar-refractivity contribution in [3.8, 4) is 5.75 Å². The molecule has 1 aliphatic rings. The molecule has 4 heteroatoms. The van der Waals surface area contributed by atoms with E-state index in [2.05, 4.69) is 30.2 Å². The number of hydrogen-bond acceptors (Lipinski definition) is 3. The molecule has 21 heavy (non-hydrogen) atoms. The highest BCUT2D eigenvalue weighted by Crippen LogP contribution is 2.41. The van der Waals surface area contributed by atoms with Gasteiger partial charge in [0, 0.05) is 12.0 Å². The van der Waals surface area contributed by atoms with Gasteiger partial charge in [0.2, 0.25) is 0 Å². The van der Waals surface area contributed by atoms with Crippen molar-refractivity contribution in [1.82, 2.24) is 4.98 Å². The predicted molar refractivity (Wildman–Crippen MR) is 86.1 cm³/mol. The quantitative estimate of drug-likeness (QED) is 0.812. The van der Waals surface area contributed by atoms with Crippen molar-refractivity contribution in [2.24, 2.45) is 0 Å². The number of hydrogen-bond donors (Lipinski definition) is 1. The smallest absolute Gasteiger partial charge is 0.129 e. The van der Waals surface area contributed by atoms with Crippen LogP contribution in [0.15, 0.2) is 36.4 Å². The number of nitrogens with zero attached hydrogens (tertiary/aromatic N) is 1. The summed E-state index contributed by atoms with van der Waals surface area (Å²) in [7, 11) is 0. The molecule has 1 atom stereocenters. The van der Waals surface area contributed by atoms with E-state index in [0.717, 1.165) is 23.6 Å². The molecular weight excluding hydrogens is 284 g/mol. The Balaban J connectivity index is 1.94. The lowest BCUT2D eigenvalue weighted by molar-refractivity contribution is 0.0759. The predicted octanol–water partition coefficient (Wildman–Crippen LogP) is 4.76. The van der Waals surface area contributed by atoms with Crippen LogP contribution < -0.4 is 10.1 Å². The van der Waals surface area contributed by atoms with Crippen molar-refractivity contribution in [3.05, 3.63) is 52.8 Å². The van der Waals surface area contributed by atoms with E-state index in [-0.39, 0.29) is 11.6 Å². The summed E-state index contributed by atoms with van der Waals surface area (Å²) >= 11 is 5.93. The van der Waals surface area contributed by atoms with Gasteiger partial charge in [-0.1, -0.05) is 29.8 Å². The molecule has 1 unspecified atom stereocenters. The number of benzene rings is 1. The molecule has 1 N–H and O–H groups in total. The number of anilines is 1. The Labute approximate surface area is 130 Å². The third-order valence-electron chi connectivity index (χ3n) is 3.76. The first-order valence-corrected chi connectivity index (χ1v) is 7.50. The molecule has 3 rings (SSSR count). The maximum Gasteiger partial charge on any atom is 0.129 e. The number of halogens is 1. The summed E-state index contributed by atoms with van der Waals surface area (Å²) < 4.78 is 6.06. The van der Waals surface area contributed by atoms with Crippen molar-refractivity contribution >= 4 is 17.3 Å². The van der Waals surface area contributed by atoms with E-state index in [4.69, 9.17) is 16.3 Å². The van der Waals surface area contributed by atoms with Crippen molar-refractivity contribution in [2.45, 2.75) is 38.8 Å². The average Bonchev–Trinajstić information content (AvgIpc) is 2.40. The molecular formula is C17H19ClN2O. The van der Waals surface area contributed by atoms with Crippen molar-refractivity contribution in [1.29, 1.82) is 0 Å². The van der Waals surface area contributed by atoms with Crippen LogP contribution >= 0.6 is 11.6 Å². The van der Waals surface area contributed by atoms with E-state index in [1.807, 2.05) is 37.3 Å². The monoisotopic (exact) mass is 302 g/mol. The Morgan fingerprint density at radius 2 is 2.00 bits per heavy atom. The van der Waals surface area contributed by atoms with E-state index in [1.165, 1.54) is 5.56 Å². The van der Waals surface area contributed by atoms with E-state index in [0.29, 0.717) is 5.15 Å². The number of aromatic nitrogens is 1. The molecule has 0 bridgehead atoms. The molecule has 1 aliphatic heterocycles. The first-order valence-electron chi connectivity index (χ1n) is 7.12. The van der Waals surface area contributed by atoms with Crippen molar-refractivity contribution < 1.29 is 4.74 Å². The maximum atomic E-state index is 6.06. The topological polar surface area (TPSA) is 34.2 Å². The molecule has 0 spiro atoms. The second kappa shape index (κ2) is 5.23. The largest absolute Gasteiger partial charge is 0.487 e. The fraction of sp³-hybridized carbons (Fsp3) is 0.353. The van der Waals surface area contributed by atoms with Gasteiger partial charge in [-0.2, -0.15) is 0 Å². The number of para-hydroxylation sites is 1. The van der Waals surface area contributed by atoms with Crippen LogP contribution in [0.2, 0.25) is 5.15 Å². The SMILES string of the molecule is Cc1nc(Cl)ccc1NC1CC(C)(C)Oc2ccccc21. The molecule has 2 aromatic rings. The van der Waals surface area contributed by atoms with Gasteiger partial charge in [-0.15, -0.1) is 0 Å². The van der Waals surface area contributed by atoms with Crippen LogP contribution in [0.3, 0.4) is 0 Å². The number of rotatable bonds is 2. The van der Waals surface area contributed by atoms with Crippen LogP contribution in [0.1, 0.15) is 37.6 Å². The zero-order chi connectivity index (χ0) is 15.0. The van der Waals surface area contributed by atoms with Gasteiger partial charge in [-0.3, -0.25) is 0 Å². The van der Waals surface area contributed by atoms with Gasteiger partial charge in [-0.05, 0) is 39.0 Å². The lowest BCUT2D eigenvalue weighted by Crippen LogP contribution is -2.37. The van der Waals surface area contributed by atoms with Gasteiger partial charge in [-0.25, -0.2) is 4.98 Å². The van der Waals surface area contributed by atoms with Crippen LogP contribution in [0.4, 0.5) is 5.69 Å². The van der Waals surface area contributed by atoms with E-state index >= 15 is 0 Å². The Bertz CT molecular complexity index is 670.